The predicted molar refractivity (Wildman–Crippen MR) is 174 cm³/mol. The van der Waals surface area contributed by atoms with E-state index in [1.54, 1.807) is 42.5 Å². The van der Waals surface area contributed by atoms with Crippen LogP contribution in [-0.2, 0) is 52.3 Å². The Labute approximate surface area is 283 Å². The van der Waals surface area contributed by atoms with Gasteiger partial charge in [-0.2, -0.15) is 0 Å². The zero-order chi connectivity index (χ0) is 34.1. The van der Waals surface area contributed by atoms with Crippen LogP contribution in [0.15, 0.2) is 65.9 Å². The molecule has 47 heavy (non-hydrogen) atoms. The van der Waals surface area contributed by atoms with Crippen molar-refractivity contribution in [3.8, 4) is 0 Å². The number of nitrogens with one attached hydrogen (secondary N) is 2. The minimum atomic E-state index is -1.81. The van der Waals surface area contributed by atoms with Gasteiger partial charge in [0.15, 0.2) is 0 Å². The van der Waals surface area contributed by atoms with Crippen molar-refractivity contribution in [1.29, 1.82) is 0 Å². The molecule has 0 spiro atoms. The Morgan fingerprint density at radius 1 is 1.04 bits per heavy atom. The summed E-state index contributed by atoms with van der Waals surface area (Å²) in [4.78, 5) is 65.8. The quantitative estimate of drug-likeness (QED) is 0.141. The third-order valence-electron chi connectivity index (χ3n) is 7.54. The number of aliphatic carboxylic acids is 1. The highest BCUT2D eigenvalue weighted by atomic mass is 35.5. The van der Waals surface area contributed by atoms with Crippen molar-refractivity contribution in [3.63, 3.8) is 0 Å². The molecular weight excluding hydrogens is 675 g/mol. The molecular formula is C31H34Cl2N4O9S. The number of β-lactam (4-membered cyclic amide) rings is 1. The number of methoxy groups -OCH3 is 1. The summed E-state index contributed by atoms with van der Waals surface area (Å²) in [6.07, 6.45) is -1.01. The van der Waals surface area contributed by atoms with Crippen LogP contribution in [0.25, 0.3) is 0 Å². The van der Waals surface area contributed by atoms with Crippen LogP contribution < -0.4 is 15.5 Å². The number of ether oxygens (including phenoxy) is 2. The second-order valence-corrected chi connectivity index (χ2v) is 12.9. The second-order valence-electron chi connectivity index (χ2n) is 10.6. The molecule has 0 saturated carbocycles. The van der Waals surface area contributed by atoms with Gasteiger partial charge in [-0.15, -0.1) is 23.2 Å². The first-order valence-electron chi connectivity index (χ1n) is 14.5. The molecule has 1 fully saturated rings. The van der Waals surface area contributed by atoms with Gasteiger partial charge in [0, 0.05) is 42.5 Å². The van der Waals surface area contributed by atoms with E-state index in [1.807, 2.05) is 17.0 Å². The van der Waals surface area contributed by atoms with Gasteiger partial charge in [-0.3, -0.25) is 18.7 Å². The maximum absolute atomic E-state index is 13.1. The molecule has 2 aliphatic rings. The highest BCUT2D eigenvalue weighted by Gasteiger charge is 2.57. The van der Waals surface area contributed by atoms with Gasteiger partial charge >= 0.3 is 18.0 Å². The summed E-state index contributed by atoms with van der Waals surface area (Å²) in [6, 6.07) is 13.8. The van der Waals surface area contributed by atoms with E-state index in [4.69, 9.17) is 32.7 Å². The van der Waals surface area contributed by atoms with Crippen LogP contribution in [0.3, 0.4) is 0 Å². The van der Waals surface area contributed by atoms with E-state index >= 15 is 0 Å². The smallest absolute Gasteiger partial charge is 0.408 e. The number of rotatable bonds is 15. The van der Waals surface area contributed by atoms with Crippen molar-refractivity contribution in [2.75, 3.05) is 49.2 Å². The van der Waals surface area contributed by atoms with Gasteiger partial charge in [-0.25, -0.2) is 14.4 Å². The number of alkyl carbamates (subject to hydrolysis) is 1. The Morgan fingerprint density at radius 2 is 1.70 bits per heavy atom. The largest absolute Gasteiger partial charge is 0.477 e. The van der Waals surface area contributed by atoms with Crippen LogP contribution in [-0.4, -0.2) is 106 Å². The number of anilines is 1. The Bertz CT molecular complexity index is 1540. The number of carbonyl (C=O) groups excluding carboxylic acids is 4. The van der Waals surface area contributed by atoms with Crippen LogP contribution in [0, 0.1) is 0 Å². The molecule has 16 heteroatoms. The molecule has 2 heterocycles. The molecule has 1 saturated heterocycles. The maximum Gasteiger partial charge on any atom is 0.408 e. The molecule has 3 N–H and O–H groups in total. The zero-order valence-electron chi connectivity index (χ0n) is 25.4. The Morgan fingerprint density at radius 3 is 2.30 bits per heavy atom. The molecule has 2 aromatic carbocycles. The Hall–Kier alpha value is -4.14. The van der Waals surface area contributed by atoms with Gasteiger partial charge in [0.2, 0.25) is 5.91 Å². The number of hydrogen-bond acceptors (Lipinski definition) is 9. The van der Waals surface area contributed by atoms with Crippen LogP contribution in [0.4, 0.5) is 10.5 Å². The van der Waals surface area contributed by atoms with E-state index in [1.165, 1.54) is 7.11 Å². The van der Waals surface area contributed by atoms with E-state index in [-0.39, 0.29) is 24.2 Å². The third-order valence-corrected chi connectivity index (χ3v) is 9.53. The fourth-order valence-electron chi connectivity index (χ4n) is 5.29. The maximum atomic E-state index is 13.1. The lowest BCUT2D eigenvalue weighted by molar-refractivity contribution is -0.151. The lowest BCUT2D eigenvalue weighted by Crippen LogP contribution is -2.73. The minimum absolute atomic E-state index is 0.0145. The molecule has 0 aromatic heterocycles. The van der Waals surface area contributed by atoms with Crippen molar-refractivity contribution in [3.05, 3.63) is 77.0 Å². The number of hydrogen-bond donors (Lipinski definition) is 3. The zero-order valence-corrected chi connectivity index (χ0v) is 27.7. The van der Waals surface area contributed by atoms with Crippen LogP contribution in [0.5, 0.6) is 0 Å². The van der Waals surface area contributed by atoms with E-state index in [9.17, 15) is 33.3 Å². The molecule has 3 amide bonds. The average molecular weight is 710 g/mol. The van der Waals surface area contributed by atoms with Crippen molar-refractivity contribution in [2.45, 2.75) is 30.3 Å². The summed E-state index contributed by atoms with van der Waals surface area (Å²) in [5.41, 5.74) is 1.76. The predicted octanol–water partition coefficient (Wildman–Crippen LogP) is 1.78. The topological polar surface area (TPSA) is 172 Å². The van der Waals surface area contributed by atoms with E-state index in [0.29, 0.717) is 36.0 Å². The normalized spacial score (nSPS) is 19.2. The Kier molecular flexibility index (Phi) is 12.6. The molecule has 2 aromatic rings. The second kappa shape index (κ2) is 16.6. The average Bonchev–Trinajstić information content (AvgIpc) is 3.05. The van der Waals surface area contributed by atoms with Gasteiger partial charge in [0.1, 0.15) is 29.8 Å². The number of alkyl halides is 2. The molecule has 2 aliphatic heterocycles. The lowest BCUT2D eigenvalue weighted by Gasteiger charge is -2.49. The van der Waals surface area contributed by atoms with Gasteiger partial charge in [0.05, 0.1) is 30.1 Å². The third kappa shape index (κ3) is 8.82. The highest BCUT2D eigenvalue weighted by Crippen LogP contribution is 2.35. The summed E-state index contributed by atoms with van der Waals surface area (Å²) in [5.74, 6) is -2.93. The van der Waals surface area contributed by atoms with E-state index in [2.05, 4.69) is 10.6 Å². The first-order valence-corrected chi connectivity index (χ1v) is 17.0. The first-order chi connectivity index (χ1) is 22.6. The van der Waals surface area contributed by atoms with E-state index < -0.39 is 70.4 Å². The molecule has 0 bridgehead atoms. The number of fused-ring (bicyclic) bond motifs is 1. The van der Waals surface area contributed by atoms with Crippen LogP contribution in [0.2, 0.25) is 0 Å². The summed E-state index contributed by atoms with van der Waals surface area (Å²) in [7, 11) is -0.646. The Balaban J connectivity index is 1.39. The molecule has 4 rings (SSSR count). The number of amides is 3. The van der Waals surface area contributed by atoms with Crippen molar-refractivity contribution in [2.24, 2.45) is 0 Å². The van der Waals surface area contributed by atoms with Crippen LogP contribution in [0.1, 0.15) is 11.1 Å². The lowest BCUT2D eigenvalue weighted by atomic mass is 10.0. The number of nitrogens with zero attached hydrogens (tertiary/aromatic N) is 2. The summed E-state index contributed by atoms with van der Waals surface area (Å²) in [5, 5.41) is 13.8. The summed E-state index contributed by atoms with van der Waals surface area (Å²) >= 11 is 11.8. The highest BCUT2D eigenvalue weighted by molar-refractivity contribution is 7.86. The van der Waals surface area contributed by atoms with Gasteiger partial charge < -0.3 is 30.1 Å². The standard InChI is InChI=1S/C31H34Cl2N4O9S/c1-45-30(42)23(15-20-7-9-22(10-8-20)36(13-11-32)14-12-33)34-31(43)46-17-21-18-47(44)28-25(27(39)37(28)26(21)29(40)41)35-24(38)16-19-5-3-2-4-6-19/h2-10,23,25,28H,11-18H2,1H3,(H,34,43)(H,35,38)(H,40,41)/t23-,25+,28+,47?/m0/s1. The monoisotopic (exact) mass is 708 g/mol. The van der Waals surface area contributed by atoms with Crippen LogP contribution >= 0.6 is 23.2 Å². The van der Waals surface area contributed by atoms with Gasteiger partial charge in [-0.1, -0.05) is 42.5 Å². The molecule has 4 atom stereocenters. The fourth-order valence-corrected chi connectivity index (χ4v) is 7.37. The molecule has 1 unspecified atom stereocenters. The number of halogens is 2. The fraction of sp³-hybridized carbons (Fsp3) is 0.387. The number of carbonyl (C=O) groups is 5. The molecule has 252 valence electrons. The SMILES string of the molecule is COC(=O)[C@H](Cc1ccc(N(CCCl)CCCl)cc1)NC(=O)OCC1=C(C(=O)O)N2C(=O)[C@@H](NC(=O)Cc3ccccc3)[C@H]2S(=O)C1. The van der Waals surface area contributed by atoms with E-state index in [0.717, 1.165) is 10.6 Å². The molecule has 13 nitrogen and oxygen atoms in total. The minimum Gasteiger partial charge on any atom is -0.477 e. The molecule has 0 aliphatic carbocycles. The summed E-state index contributed by atoms with van der Waals surface area (Å²) in [6.45, 7) is 0.579. The van der Waals surface area contributed by atoms with Crippen molar-refractivity contribution in [1.82, 2.24) is 15.5 Å². The summed E-state index contributed by atoms with van der Waals surface area (Å²) < 4.78 is 23.2. The van der Waals surface area contributed by atoms with Gasteiger partial charge in [-0.05, 0) is 23.3 Å². The van der Waals surface area contributed by atoms with Crippen molar-refractivity contribution < 1.29 is 42.8 Å². The van der Waals surface area contributed by atoms with Crippen molar-refractivity contribution >= 4 is 69.5 Å². The first kappa shape index (κ1) is 35.7. The number of carboxylic acids is 1. The van der Waals surface area contributed by atoms with Gasteiger partial charge in [0.25, 0.3) is 5.91 Å². The molecule has 0 radical (unpaired) electrons. The number of benzene rings is 2. The number of esters is 1. The number of carboxylic acid groups (broad SMARTS) is 1.